The number of thiophene rings is 1. The molecule has 1 fully saturated rings. The van der Waals surface area contributed by atoms with Gasteiger partial charge in [0.1, 0.15) is 11.5 Å². The summed E-state index contributed by atoms with van der Waals surface area (Å²) in [6.07, 6.45) is 10.2. The molecule has 1 atom stereocenters. The van der Waals surface area contributed by atoms with E-state index in [0.29, 0.717) is 61.5 Å². The van der Waals surface area contributed by atoms with Gasteiger partial charge in [-0.05, 0) is 122 Å². The molecule has 1 amide bonds. The molecule has 1 unspecified atom stereocenters. The fourth-order valence-electron chi connectivity index (χ4n) is 7.99. The van der Waals surface area contributed by atoms with Crippen LogP contribution < -0.4 is 9.80 Å². The lowest BCUT2D eigenvalue weighted by atomic mass is 9.83. The molecule has 1 saturated heterocycles. The molecular weight excluding hydrogens is 638 g/mol. The van der Waals surface area contributed by atoms with Gasteiger partial charge in [-0.25, -0.2) is 9.38 Å². The number of ketones is 1. The number of benzene rings is 2. The second kappa shape index (κ2) is 14.7. The first-order chi connectivity index (χ1) is 23.9. The van der Waals surface area contributed by atoms with Gasteiger partial charge in [-0.2, -0.15) is 0 Å². The first-order valence-corrected chi connectivity index (χ1v) is 18.9. The number of halogens is 1. The molecule has 4 aliphatic rings. The first-order valence-electron chi connectivity index (χ1n) is 18.0. The van der Waals surface area contributed by atoms with E-state index >= 15 is 4.39 Å². The maximum Gasteiger partial charge on any atom is 0.268 e. The van der Waals surface area contributed by atoms with Gasteiger partial charge in [0.25, 0.3) is 5.91 Å². The zero-order valence-electron chi connectivity index (χ0n) is 28.7. The highest BCUT2D eigenvalue weighted by molar-refractivity contribution is 7.14. The molecule has 0 radical (unpaired) electrons. The Bertz CT molecular complexity index is 1820. The monoisotopic (exact) mass is 683 g/mol. The molecule has 1 N–H and O–H groups in total. The van der Waals surface area contributed by atoms with Gasteiger partial charge in [0.15, 0.2) is 5.78 Å². The van der Waals surface area contributed by atoms with E-state index in [1.165, 1.54) is 28.1 Å². The van der Waals surface area contributed by atoms with Crippen molar-refractivity contribution in [2.24, 2.45) is 10.9 Å². The fraction of sp³-hybridized carbons (Fsp3) is 0.475. The highest BCUT2D eigenvalue weighted by Gasteiger charge is 2.34. The van der Waals surface area contributed by atoms with Crippen molar-refractivity contribution in [3.63, 3.8) is 0 Å². The number of rotatable bonds is 7. The molecule has 1 aromatic heterocycles. The summed E-state index contributed by atoms with van der Waals surface area (Å²) in [4.78, 5) is 38.8. The second-order valence-corrected chi connectivity index (χ2v) is 14.8. The summed E-state index contributed by atoms with van der Waals surface area (Å²) in [5.74, 6) is -0.419. The highest BCUT2D eigenvalue weighted by atomic mass is 32.1. The summed E-state index contributed by atoms with van der Waals surface area (Å²) < 4.78 is 21.2. The van der Waals surface area contributed by atoms with Gasteiger partial charge >= 0.3 is 0 Å². The van der Waals surface area contributed by atoms with Crippen LogP contribution in [0, 0.1) is 11.7 Å². The van der Waals surface area contributed by atoms with Crippen LogP contribution in [0.4, 0.5) is 21.5 Å². The number of carbonyl (C=O) groups is 2. The molecule has 3 heterocycles. The molecule has 2 aliphatic heterocycles. The molecule has 49 heavy (non-hydrogen) atoms. The number of nitrogens with zero attached hydrogens (tertiary/aromatic N) is 3. The molecule has 258 valence electrons. The minimum absolute atomic E-state index is 0.0440. The van der Waals surface area contributed by atoms with E-state index in [2.05, 4.69) is 30.9 Å². The fourth-order valence-corrected chi connectivity index (χ4v) is 9.37. The minimum atomic E-state index is -0.473. The highest BCUT2D eigenvalue weighted by Crippen LogP contribution is 2.41. The Labute approximate surface area is 292 Å². The Kier molecular flexibility index (Phi) is 10.1. The van der Waals surface area contributed by atoms with Crippen molar-refractivity contribution in [2.75, 3.05) is 42.6 Å². The van der Waals surface area contributed by atoms with Gasteiger partial charge in [0.2, 0.25) is 0 Å². The number of amides is 1. The Hall–Kier alpha value is -3.66. The van der Waals surface area contributed by atoms with Gasteiger partial charge in [0, 0.05) is 42.2 Å². The Morgan fingerprint density at radius 3 is 2.59 bits per heavy atom. The standard InChI is InChI=1S/C40H46FN3O4S/c1-3-25-9-12-37(46)35(42-34-11-10-29(20-26(34)4-2)43-15-17-48-18-16-43)21-27(19-25)32-22-28(41)23-36(33(32)24-45)44-14-13-31-30-7-5-6-8-38(30)49-39(31)40(44)47/h10-11,20-23,25,45H,3-9,12-19,24H2,1-2H3/b27-21+,42-35?. The summed E-state index contributed by atoms with van der Waals surface area (Å²) in [6.45, 7) is 7.35. The normalized spacial score (nSPS) is 22.0. The lowest BCUT2D eigenvalue weighted by Gasteiger charge is -2.31. The van der Waals surface area contributed by atoms with Gasteiger partial charge in [-0.1, -0.05) is 20.3 Å². The van der Waals surface area contributed by atoms with Crippen LogP contribution >= 0.6 is 11.3 Å². The third-order valence-corrected chi connectivity index (χ3v) is 12.1. The van der Waals surface area contributed by atoms with Crippen molar-refractivity contribution in [1.29, 1.82) is 0 Å². The predicted molar refractivity (Wildman–Crippen MR) is 195 cm³/mol. The number of morpholine rings is 1. The Morgan fingerprint density at radius 2 is 1.82 bits per heavy atom. The van der Waals surface area contributed by atoms with E-state index in [1.54, 1.807) is 16.2 Å². The Balaban J connectivity index is 1.29. The summed E-state index contributed by atoms with van der Waals surface area (Å²) in [5, 5.41) is 10.9. The summed E-state index contributed by atoms with van der Waals surface area (Å²) in [5.41, 5.74) is 8.02. The number of carbonyl (C=O) groups excluding carboxylic acids is 2. The number of allylic oxidation sites excluding steroid dienone is 2. The number of fused-ring (bicyclic) bond motifs is 3. The second-order valence-electron chi connectivity index (χ2n) is 13.7. The van der Waals surface area contributed by atoms with Crippen LogP contribution in [0.25, 0.3) is 5.57 Å². The van der Waals surface area contributed by atoms with Crippen molar-refractivity contribution in [3.8, 4) is 0 Å². The maximum atomic E-state index is 15.7. The lowest BCUT2D eigenvalue weighted by molar-refractivity contribution is -0.113. The van der Waals surface area contributed by atoms with E-state index < -0.39 is 5.82 Å². The van der Waals surface area contributed by atoms with Crippen LogP contribution in [-0.2, 0) is 41.8 Å². The minimum Gasteiger partial charge on any atom is -0.392 e. The summed E-state index contributed by atoms with van der Waals surface area (Å²) >= 11 is 1.60. The van der Waals surface area contributed by atoms with Crippen LogP contribution in [-0.4, -0.2) is 55.4 Å². The molecule has 2 aromatic carbocycles. The molecule has 3 aromatic rings. The van der Waals surface area contributed by atoms with Crippen LogP contribution in [0.15, 0.2) is 41.4 Å². The van der Waals surface area contributed by atoms with Crippen LogP contribution in [0.3, 0.4) is 0 Å². The number of aliphatic hydroxyl groups excluding tert-OH is 1. The zero-order chi connectivity index (χ0) is 34.1. The molecule has 7 nitrogen and oxygen atoms in total. The zero-order valence-corrected chi connectivity index (χ0v) is 29.5. The number of aliphatic imine (C=N–C) groups is 1. The SMILES string of the molecule is CCc1cc(N2CCOCC2)ccc1N=C1/C=C(/c2cc(F)cc(N3CCc4c(sc5c4CCCC5)C3=O)c2CO)CC(CC)CCC1=O. The molecule has 2 aliphatic carbocycles. The molecule has 0 saturated carbocycles. The van der Waals surface area contributed by atoms with E-state index in [9.17, 15) is 14.7 Å². The number of Topliss-reactive ketones (excluding diaryl/α,β-unsaturated/α-hetero) is 1. The van der Waals surface area contributed by atoms with Crippen molar-refractivity contribution < 1.29 is 23.8 Å². The predicted octanol–water partition coefficient (Wildman–Crippen LogP) is 7.80. The van der Waals surface area contributed by atoms with Crippen molar-refractivity contribution in [2.45, 2.75) is 84.7 Å². The molecule has 0 bridgehead atoms. The van der Waals surface area contributed by atoms with Gasteiger partial charge in [-0.15, -0.1) is 11.3 Å². The number of hydrogen-bond acceptors (Lipinski definition) is 7. The van der Waals surface area contributed by atoms with E-state index in [0.717, 1.165) is 85.4 Å². The number of ether oxygens (including phenoxy) is 1. The molecule has 7 rings (SSSR count). The lowest BCUT2D eigenvalue weighted by Crippen LogP contribution is -2.38. The number of aryl methyl sites for hydroxylation is 2. The van der Waals surface area contributed by atoms with Crippen LogP contribution in [0.1, 0.15) is 94.7 Å². The number of aliphatic hydroxyl groups is 1. The third kappa shape index (κ3) is 6.77. The number of anilines is 2. The molecule has 9 heteroatoms. The summed E-state index contributed by atoms with van der Waals surface area (Å²) in [6, 6.07) is 9.04. The smallest absolute Gasteiger partial charge is 0.268 e. The summed E-state index contributed by atoms with van der Waals surface area (Å²) in [7, 11) is 0. The molecule has 0 spiro atoms. The van der Waals surface area contributed by atoms with Gasteiger partial charge < -0.3 is 19.6 Å². The number of hydrogen-bond donors (Lipinski definition) is 1. The van der Waals surface area contributed by atoms with Crippen LogP contribution in [0.5, 0.6) is 0 Å². The topological polar surface area (TPSA) is 82.4 Å². The average Bonchev–Trinajstić information content (AvgIpc) is 3.51. The van der Waals surface area contributed by atoms with E-state index in [-0.39, 0.29) is 24.2 Å². The van der Waals surface area contributed by atoms with Crippen molar-refractivity contribution >= 4 is 51.4 Å². The van der Waals surface area contributed by atoms with Crippen molar-refractivity contribution in [3.05, 3.63) is 79.8 Å². The van der Waals surface area contributed by atoms with Gasteiger partial charge in [0.05, 0.1) is 36.1 Å². The van der Waals surface area contributed by atoms with E-state index in [1.807, 2.05) is 12.1 Å². The third-order valence-electron chi connectivity index (χ3n) is 10.8. The average molecular weight is 684 g/mol. The quantitative estimate of drug-likeness (QED) is 0.275. The van der Waals surface area contributed by atoms with Crippen molar-refractivity contribution in [1.82, 2.24) is 0 Å². The first kappa shape index (κ1) is 33.8. The largest absolute Gasteiger partial charge is 0.392 e. The Morgan fingerprint density at radius 1 is 1.00 bits per heavy atom. The van der Waals surface area contributed by atoms with E-state index in [4.69, 9.17) is 9.73 Å². The van der Waals surface area contributed by atoms with Gasteiger partial charge in [-0.3, -0.25) is 9.59 Å². The van der Waals surface area contributed by atoms with Crippen LogP contribution in [0.2, 0.25) is 0 Å². The maximum absolute atomic E-state index is 15.7. The molecular formula is C40H46FN3O4S.